The van der Waals surface area contributed by atoms with E-state index < -0.39 is 0 Å². The highest BCUT2D eigenvalue weighted by Crippen LogP contribution is 2.24. The minimum atomic E-state index is 0.658. The zero-order valence-corrected chi connectivity index (χ0v) is 10.7. The van der Waals surface area contributed by atoms with E-state index >= 15 is 0 Å². The van der Waals surface area contributed by atoms with Gasteiger partial charge in [-0.3, -0.25) is 0 Å². The average molecular weight is 276 g/mol. The van der Waals surface area contributed by atoms with Crippen molar-refractivity contribution in [3.63, 3.8) is 0 Å². The van der Waals surface area contributed by atoms with Crippen molar-refractivity contribution >= 4 is 46.8 Å². The Kier molecular flexibility index (Phi) is 3.46. The fraction of sp³-hybridized carbons (Fsp3) is 0.100. The number of thiazole rings is 1. The van der Waals surface area contributed by atoms with Crippen molar-refractivity contribution in [3.05, 3.63) is 48.8 Å². The fourth-order valence-corrected chi connectivity index (χ4v) is 2.81. The average Bonchev–Trinajstić information content (AvgIpc) is 2.56. The normalized spacial score (nSPS) is 10.5. The predicted molar refractivity (Wildman–Crippen MR) is 68.8 cm³/mol. The maximum absolute atomic E-state index is 6.07. The number of H-pyrrole nitrogens is 1. The Hall–Kier alpha value is -0.350. The van der Waals surface area contributed by atoms with Crippen molar-refractivity contribution in [2.24, 2.45) is 0 Å². The molecule has 0 aliphatic carbocycles. The Labute approximate surface area is 107 Å². The largest absolute Gasteiger partial charge is 0.343 e. The van der Waals surface area contributed by atoms with Gasteiger partial charge in [-0.05, 0) is 29.9 Å². The van der Waals surface area contributed by atoms with Gasteiger partial charge >= 0.3 is 0 Å². The maximum Gasteiger partial charge on any atom is 0.158 e. The van der Waals surface area contributed by atoms with Gasteiger partial charge in [0.1, 0.15) is 0 Å². The highest BCUT2D eigenvalue weighted by Gasteiger charge is 2.03. The molecule has 0 radical (unpaired) electrons. The molecule has 5 heteroatoms. The number of benzene rings is 1. The van der Waals surface area contributed by atoms with Gasteiger partial charge < -0.3 is 4.98 Å². The SMILES string of the molecule is S=c1[nH]cc(Cc2ccc(Cl)cc2Cl)s1. The van der Waals surface area contributed by atoms with E-state index in [9.17, 15) is 0 Å². The molecule has 1 aromatic heterocycles. The van der Waals surface area contributed by atoms with Crippen LogP contribution in [0.5, 0.6) is 0 Å². The third-order valence-electron chi connectivity index (χ3n) is 1.95. The van der Waals surface area contributed by atoms with Crippen LogP contribution in [0, 0.1) is 3.95 Å². The van der Waals surface area contributed by atoms with Crippen LogP contribution in [-0.4, -0.2) is 4.98 Å². The quantitative estimate of drug-likeness (QED) is 0.786. The minimum Gasteiger partial charge on any atom is -0.343 e. The topological polar surface area (TPSA) is 15.8 Å². The summed E-state index contributed by atoms with van der Waals surface area (Å²) in [4.78, 5) is 4.15. The van der Waals surface area contributed by atoms with E-state index in [1.54, 1.807) is 17.4 Å². The number of rotatable bonds is 2. The number of nitrogens with one attached hydrogen (secondary N) is 1. The third-order valence-corrected chi connectivity index (χ3v) is 3.74. The summed E-state index contributed by atoms with van der Waals surface area (Å²) in [5, 5.41) is 1.35. The smallest absolute Gasteiger partial charge is 0.158 e. The van der Waals surface area contributed by atoms with Crippen LogP contribution in [0.3, 0.4) is 0 Å². The first-order chi connectivity index (χ1) is 7.15. The first-order valence-electron chi connectivity index (χ1n) is 4.26. The first-order valence-corrected chi connectivity index (χ1v) is 6.24. The van der Waals surface area contributed by atoms with Crippen LogP contribution in [0.2, 0.25) is 10.0 Å². The molecule has 78 valence electrons. The summed E-state index contributed by atoms with van der Waals surface area (Å²) in [7, 11) is 0. The van der Waals surface area contributed by atoms with E-state index in [4.69, 9.17) is 35.4 Å². The van der Waals surface area contributed by atoms with E-state index in [0.717, 1.165) is 15.9 Å². The van der Waals surface area contributed by atoms with Crippen molar-refractivity contribution < 1.29 is 0 Å². The number of hydrogen-bond acceptors (Lipinski definition) is 2. The van der Waals surface area contributed by atoms with Gasteiger partial charge in [-0.15, -0.1) is 11.3 Å². The molecule has 2 rings (SSSR count). The molecule has 0 fully saturated rings. The molecular weight excluding hydrogens is 269 g/mol. The summed E-state index contributed by atoms with van der Waals surface area (Å²) >= 11 is 18.5. The fourth-order valence-electron chi connectivity index (χ4n) is 1.26. The molecule has 2 aromatic rings. The van der Waals surface area contributed by atoms with E-state index in [1.807, 2.05) is 18.3 Å². The molecule has 0 aliphatic heterocycles. The Balaban J connectivity index is 2.28. The van der Waals surface area contributed by atoms with Gasteiger partial charge in [-0.1, -0.05) is 29.3 Å². The van der Waals surface area contributed by atoms with Crippen molar-refractivity contribution in [3.8, 4) is 0 Å². The summed E-state index contributed by atoms with van der Waals surface area (Å²) < 4.78 is 0.787. The van der Waals surface area contributed by atoms with E-state index in [2.05, 4.69) is 4.98 Å². The maximum atomic E-state index is 6.07. The number of aromatic amines is 1. The third kappa shape index (κ3) is 2.82. The molecule has 0 saturated carbocycles. The lowest BCUT2D eigenvalue weighted by molar-refractivity contribution is 1.22. The van der Waals surface area contributed by atoms with Crippen LogP contribution in [0.15, 0.2) is 24.4 Å². The predicted octanol–water partition coefficient (Wildman–Crippen LogP) is 4.70. The van der Waals surface area contributed by atoms with E-state index in [1.165, 1.54) is 4.88 Å². The second kappa shape index (κ2) is 4.66. The summed E-state index contributed by atoms with van der Waals surface area (Å²) in [6, 6.07) is 5.53. The monoisotopic (exact) mass is 275 g/mol. The highest BCUT2D eigenvalue weighted by atomic mass is 35.5. The molecule has 0 unspecified atom stereocenters. The summed E-state index contributed by atoms with van der Waals surface area (Å²) in [6.07, 6.45) is 2.70. The molecule has 1 nitrogen and oxygen atoms in total. The molecule has 1 heterocycles. The van der Waals surface area contributed by atoms with Gasteiger partial charge in [0.05, 0.1) is 0 Å². The van der Waals surface area contributed by atoms with Crippen molar-refractivity contribution in [2.75, 3.05) is 0 Å². The molecule has 15 heavy (non-hydrogen) atoms. The molecule has 0 saturated heterocycles. The lowest BCUT2D eigenvalue weighted by atomic mass is 10.1. The molecule has 1 aromatic carbocycles. The summed E-state index contributed by atoms with van der Waals surface area (Å²) in [5.74, 6) is 0. The van der Waals surface area contributed by atoms with Crippen molar-refractivity contribution in [2.45, 2.75) is 6.42 Å². The number of aromatic nitrogens is 1. The molecule has 0 spiro atoms. The van der Waals surface area contributed by atoms with Crippen LogP contribution in [-0.2, 0) is 6.42 Å². The molecule has 0 amide bonds. The van der Waals surface area contributed by atoms with Gasteiger partial charge in [-0.2, -0.15) is 0 Å². The minimum absolute atomic E-state index is 0.658. The van der Waals surface area contributed by atoms with Crippen molar-refractivity contribution in [1.82, 2.24) is 4.98 Å². The Morgan fingerprint density at radius 1 is 1.33 bits per heavy atom. The number of hydrogen-bond donors (Lipinski definition) is 1. The van der Waals surface area contributed by atoms with Crippen LogP contribution in [0.4, 0.5) is 0 Å². The lowest BCUT2D eigenvalue weighted by Crippen LogP contribution is -1.85. The molecular formula is C10H7Cl2NS2. The Morgan fingerprint density at radius 3 is 2.73 bits per heavy atom. The van der Waals surface area contributed by atoms with Gasteiger partial charge in [0, 0.05) is 27.5 Å². The molecule has 0 aliphatic rings. The van der Waals surface area contributed by atoms with Gasteiger partial charge in [0.2, 0.25) is 0 Å². The second-order valence-electron chi connectivity index (χ2n) is 3.06. The van der Waals surface area contributed by atoms with Crippen LogP contribution < -0.4 is 0 Å². The molecule has 0 bridgehead atoms. The first kappa shape index (κ1) is 11.1. The van der Waals surface area contributed by atoms with Gasteiger partial charge in [-0.25, -0.2) is 0 Å². The molecule has 0 atom stereocenters. The van der Waals surface area contributed by atoms with Gasteiger partial charge in [0.15, 0.2) is 3.95 Å². The Bertz CT molecular complexity index is 530. The van der Waals surface area contributed by atoms with Crippen LogP contribution in [0.25, 0.3) is 0 Å². The molecule has 1 N–H and O–H groups in total. The second-order valence-corrected chi connectivity index (χ2v) is 5.70. The summed E-state index contributed by atoms with van der Waals surface area (Å²) in [6.45, 7) is 0. The number of halogens is 2. The van der Waals surface area contributed by atoms with Crippen LogP contribution >= 0.6 is 46.8 Å². The van der Waals surface area contributed by atoms with E-state index in [0.29, 0.717) is 10.0 Å². The zero-order valence-electron chi connectivity index (χ0n) is 7.59. The Morgan fingerprint density at radius 2 is 2.13 bits per heavy atom. The van der Waals surface area contributed by atoms with E-state index in [-0.39, 0.29) is 0 Å². The summed E-state index contributed by atoms with van der Waals surface area (Å²) in [5.41, 5.74) is 1.06. The van der Waals surface area contributed by atoms with Gasteiger partial charge in [0.25, 0.3) is 0 Å². The highest BCUT2D eigenvalue weighted by molar-refractivity contribution is 7.73. The lowest BCUT2D eigenvalue weighted by Gasteiger charge is -2.02. The zero-order chi connectivity index (χ0) is 10.8. The van der Waals surface area contributed by atoms with Crippen LogP contribution in [0.1, 0.15) is 10.4 Å². The van der Waals surface area contributed by atoms with Crippen molar-refractivity contribution in [1.29, 1.82) is 0 Å². The standard InChI is InChI=1S/C10H7Cl2NS2/c11-7-2-1-6(9(12)4-7)3-8-5-13-10(14)15-8/h1-2,4-5H,3H2,(H,13,14).